The Morgan fingerprint density at radius 3 is 1.35 bits per heavy atom. The normalized spacial score (nSPS) is 11.5. The van der Waals surface area contributed by atoms with Gasteiger partial charge in [0.05, 0.1) is 13.2 Å². The van der Waals surface area contributed by atoms with Gasteiger partial charge in [-0.05, 0) is 130 Å². The van der Waals surface area contributed by atoms with Crippen molar-refractivity contribution in [3.63, 3.8) is 0 Å². The summed E-state index contributed by atoms with van der Waals surface area (Å²) >= 11 is 0. The molecule has 0 bridgehead atoms. The zero-order valence-corrected chi connectivity index (χ0v) is 23.0. The van der Waals surface area contributed by atoms with Gasteiger partial charge in [0.15, 0.2) is 0 Å². The number of esters is 2. The number of nitrogens with zero attached hydrogens (tertiary/aromatic N) is 2. The van der Waals surface area contributed by atoms with Crippen molar-refractivity contribution in [2.75, 3.05) is 13.2 Å². The van der Waals surface area contributed by atoms with E-state index in [0.29, 0.717) is 6.42 Å². The number of carbonyl (C=O) groups excluding carboxylic acids is 2. The van der Waals surface area contributed by atoms with Crippen LogP contribution in [0.1, 0.15) is 69.5 Å². The molecule has 0 radical (unpaired) electrons. The number of ether oxygens (including phenoxy) is 2. The molecule has 192 valence electrons. The van der Waals surface area contributed by atoms with Crippen LogP contribution in [-0.2, 0) is 25.5 Å². The Morgan fingerprint density at radius 1 is 0.703 bits per heavy atom. The highest BCUT2D eigenvalue weighted by atomic mass is 16.5. The second-order valence-electron chi connectivity index (χ2n) is 9.01. The van der Waals surface area contributed by atoms with Gasteiger partial charge in [0, 0.05) is 0 Å². The van der Waals surface area contributed by atoms with Crippen LogP contribution in [-0.4, -0.2) is 25.2 Å². The van der Waals surface area contributed by atoms with Gasteiger partial charge in [-0.15, -0.1) is 0 Å². The highest BCUT2D eigenvalue weighted by Gasteiger charge is 2.18. The van der Waals surface area contributed by atoms with Crippen LogP contribution < -0.4 is 0 Å². The van der Waals surface area contributed by atoms with Gasteiger partial charge in [0.2, 0.25) is 0 Å². The molecule has 0 amide bonds. The highest BCUT2D eigenvalue weighted by molar-refractivity contribution is 5.99. The van der Waals surface area contributed by atoms with Gasteiger partial charge in [0.25, 0.3) is 0 Å². The van der Waals surface area contributed by atoms with Crippen molar-refractivity contribution in [2.24, 2.45) is 0 Å². The minimum absolute atomic E-state index is 0.0408. The van der Waals surface area contributed by atoms with Crippen LogP contribution in [0.4, 0.5) is 0 Å². The molecule has 6 heteroatoms. The summed E-state index contributed by atoms with van der Waals surface area (Å²) in [6.45, 7) is 15.8. The monoisotopic (exact) mass is 498 g/mol. The molecule has 37 heavy (non-hydrogen) atoms. The summed E-state index contributed by atoms with van der Waals surface area (Å²) in [7, 11) is 0. The third-order valence-electron chi connectivity index (χ3n) is 6.54. The van der Waals surface area contributed by atoms with E-state index < -0.39 is 11.9 Å². The summed E-state index contributed by atoms with van der Waals surface area (Å²) in [5, 5.41) is 19.1. The molecule has 0 unspecified atom stereocenters. The van der Waals surface area contributed by atoms with Gasteiger partial charge < -0.3 is 9.47 Å². The number of carbonyl (C=O) groups is 2. The molecule has 2 aromatic carbocycles. The lowest BCUT2D eigenvalue weighted by Crippen LogP contribution is -2.09. The zero-order valence-electron chi connectivity index (χ0n) is 23.0. The summed E-state index contributed by atoms with van der Waals surface area (Å²) in [6, 6.07) is 8.04. The molecule has 0 fully saturated rings. The molecule has 2 rings (SSSR count). The van der Waals surface area contributed by atoms with Gasteiger partial charge in [-0.25, -0.2) is 9.59 Å². The lowest BCUT2D eigenvalue weighted by atomic mass is 9.84. The lowest BCUT2D eigenvalue weighted by molar-refractivity contribution is -0.138. The average Bonchev–Trinajstić information content (AvgIpc) is 2.83. The molecule has 0 aliphatic carbocycles. The average molecular weight is 499 g/mol. The Labute approximate surface area is 219 Å². The van der Waals surface area contributed by atoms with Crippen molar-refractivity contribution in [2.45, 2.75) is 61.8 Å². The van der Waals surface area contributed by atoms with Gasteiger partial charge in [-0.2, -0.15) is 10.5 Å². The fraction of sp³-hybridized carbons (Fsp3) is 0.355. The molecular formula is C31H34N2O4. The molecule has 6 nitrogen and oxygen atoms in total. The molecule has 0 aliphatic heterocycles. The summed E-state index contributed by atoms with van der Waals surface area (Å²) in [4.78, 5) is 24.5. The maximum absolute atomic E-state index is 12.2. The smallest absolute Gasteiger partial charge is 0.348 e. The number of nitriles is 2. The van der Waals surface area contributed by atoms with Crippen LogP contribution in [0.25, 0.3) is 12.2 Å². The fourth-order valence-electron chi connectivity index (χ4n) is 4.63. The SMILES string of the molecule is CCOC(=O)/C(C#N)=C\c1c(C)cc(C)c(Cc2c(C)cc(C)c(/C=C(/C#N)C(=O)OCC)c2C)c1C. The molecule has 2 aromatic rings. The first kappa shape index (κ1) is 29.1. The van der Waals surface area contributed by atoms with E-state index in [-0.39, 0.29) is 24.4 Å². The van der Waals surface area contributed by atoms with E-state index in [0.717, 1.165) is 55.6 Å². The van der Waals surface area contributed by atoms with E-state index in [1.54, 1.807) is 26.0 Å². The minimum atomic E-state index is -0.637. The van der Waals surface area contributed by atoms with E-state index in [9.17, 15) is 20.1 Å². The Kier molecular flexibility index (Phi) is 9.98. The van der Waals surface area contributed by atoms with Crippen LogP contribution in [0.15, 0.2) is 23.3 Å². The van der Waals surface area contributed by atoms with Gasteiger partial charge >= 0.3 is 11.9 Å². The second kappa shape index (κ2) is 12.7. The van der Waals surface area contributed by atoms with E-state index in [1.807, 2.05) is 53.7 Å². The first-order valence-corrected chi connectivity index (χ1v) is 12.3. The molecule has 0 heterocycles. The third kappa shape index (κ3) is 6.54. The summed E-state index contributed by atoms with van der Waals surface area (Å²) in [6.07, 6.45) is 3.82. The number of benzene rings is 2. The second-order valence-corrected chi connectivity index (χ2v) is 9.01. The molecular weight excluding hydrogens is 464 g/mol. The molecule has 0 spiro atoms. The molecule has 0 N–H and O–H groups in total. The first-order chi connectivity index (χ1) is 17.5. The predicted molar refractivity (Wildman–Crippen MR) is 145 cm³/mol. The van der Waals surface area contributed by atoms with E-state index in [4.69, 9.17) is 9.47 Å². The standard InChI is InChI=1S/C31H34N2O4/c1-9-36-30(34)24(16-32)13-26-18(3)11-20(5)28(22(26)7)15-29-21(6)12-19(4)27(23(29)8)14-25(17-33)31(35)37-10-2/h11-14H,9-10,15H2,1-8H3/b24-13-,25-14-. The maximum atomic E-state index is 12.2. The fourth-order valence-corrected chi connectivity index (χ4v) is 4.63. The lowest BCUT2D eigenvalue weighted by Gasteiger charge is -2.20. The number of hydrogen-bond donors (Lipinski definition) is 0. The molecule has 0 saturated heterocycles. The Bertz CT molecular complexity index is 1280. The largest absolute Gasteiger partial charge is 0.462 e. The topological polar surface area (TPSA) is 100 Å². The minimum Gasteiger partial charge on any atom is -0.462 e. The highest BCUT2D eigenvalue weighted by Crippen LogP contribution is 2.31. The first-order valence-electron chi connectivity index (χ1n) is 12.3. The van der Waals surface area contributed by atoms with Crippen molar-refractivity contribution >= 4 is 24.1 Å². The van der Waals surface area contributed by atoms with E-state index >= 15 is 0 Å². The molecule has 0 aromatic heterocycles. The van der Waals surface area contributed by atoms with Gasteiger partial charge in [-0.1, -0.05) is 12.1 Å². The Morgan fingerprint density at radius 2 is 1.05 bits per heavy atom. The van der Waals surface area contributed by atoms with Crippen LogP contribution in [0.5, 0.6) is 0 Å². The van der Waals surface area contributed by atoms with E-state index in [1.165, 1.54) is 0 Å². The number of aryl methyl sites for hydroxylation is 4. The van der Waals surface area contributed by atoms with Crippen molar-refractivity contribution in [1.29, 1.82) is 10.5 Å². The van der Waals surface area contributed by atoms with E-state index in [2.05, 4.69) is 12.1 Å². The predicted octanol–water partition coefficient (Wildman–Crippen LogP) is 6.07. The zero-order chi connectivity index (χ0) is 27.9. The third-order valence-corrected chi connectivity index (χ3v) is 6.54. The van der Waals surface area contributed by atoms with Crippen molar-refractivity contribution in [3.05, 3.63) is 78.9 Å². The van der Waals surface area contributed by atoms with Gasteiger partial charge in [-0.3, -0.25) is 0 Å². The molecule has 0 saturated carbocycles. The van der Waals surface area contributed by atoms with Crippen molar-refractivity contribution in [1.82, 2.24) is 0 Å². The quantitative estimate of drug-likeness (QED) is 0.249. The van der Waals surface area contributed by atoms with Crippen LogP contribution in [0.2, 0.25) is 0 Å². The number of rotatable bonds is 8. The Hall–Kier alpha value is -4.16. The number of hydrogen-bond acceptors (Lipinski definition) is 6. The molecule has 0 aliphatic rings. The van der Waals surface area contributed by atoms with Crippen molar-refractivity contribution in [3.8, 4) is 12.1 Å². The molecule has 0 atom stereocenters. The maximum Gasteiger partial charge on any atom is 0.348 e. The summed E-state index contributed by atoms with van der Waals surface area (Å²) in [5.41, 5.74) is 9.83. The summed E-state index contributed by atoms with van der Waals surface area (Å²) < 4.78 is 10.1. The summed E-state index contributed by atoms with van der Waals surface area (Å²) in [5.74, 6) is -1.27. The van der Waals surface area contributed by atoms with Gasteiger partial charge in [0.1, 0.15) is 23.3 Å². The van der Waals surface area contributed by atoms with Crippen LogP contribution >= 0.6 is 0 Å². The van der Waals surface area contributed by atoms with Crippen molar-refractivity contribution < 1.29 is 19.1 Å². The van der Waals surface area contributed by atoms with Crippen LogP contribution in [0.3, 0.4) is 0 Å². The Balaban J connectivity index is 2.69. The van der Waals surface area contributed by atoms with Crippen LogP contribution in [0, 0.1) is 64.2 Å².